The van der Waals surface area contributed by atoms with Crippen molar-refractivity contribution in [2.45, 2.75) is 47.0 Å². The molecule has 2 heterocycles. The van der Waals surface area contributed by atoms with Crippen LogP contribution in [0.15, 0.2) is 24.3 Å². The Bertz CT molecular complexity index is 711. The van der Waals surface area contributed by atoms with Crippen LogP contribution in [0.4, 0.5) is 17.5 Å². The molecule has 1 aromatic heterocycles. The topological polar surface area (TPSA) is 41.1 Å². The first-order chi connectivity index (χ1) is 11.6. The number of benzene rings is 1. The second kappa shape index (κ2) is 7.20. The Kier molecular flexibility index (Phi) is 5.03. The van der Waals surface area contributed by atoms with Gasteiger partial charge in [-0.2, -0.15) is 4.98 Å². The van der Waals surface area contributed by atoms with Crippen molar-refractivity contribution in [2.24, 2.45) is 5.92 Å². The lowest BCUT2D eigenvalue weighted by Gasteiger charge is -2.31. The van der Waals surface area contributed by atoms with Crippen LogP contribution in [0.5, 0.6) is 0 Å². The summed E-state index contributed by atoms with van der Waals surface area (Å²) in [5.41, 5.74) is 4.75. The van der Waals surface area contributed by atoms with Gasteiger partial charge in [0, 0.05) is 30.5 Å². The van der Waals surface area contributed by atoms with Gasteiger partial charge in [0.15, 0.2) is 0 Å². The van der Waals surface area contributed by atoms with E-state index in [1.54, 1.807) is 0 Å². The van der Waals surface area contributed by atoms with Gasteiger partial charge in [-0.1, -0.05) is 32.0 Å². The van der Waals surface area contributed by atoms with E-state index in [4.69, 9.17) is 4.98 Å². The third-order valence-electron chi connectivity index (χ3n) is 4.78. The van der Waals surface area contributed by atoms with Crippen LogP contribution in [-0.2, 0) is 6.42 Å². The molecule has 0 saturated carbocycles. The van der Waals surface area contributed by atoms with Gasteiger partial charge < -0.3 is 10.2 Å². The minimum Gasteiger partial charge on any atom is -0.340 e. The number of aromatic nitrogens is 2. The van der Waals surface area contributed by atoms with E-state index in [1.807, 2.05) is 13.0 Å². The molecule has 3 rings (SSSR count). The second-order valence-electron chi connectivity index (χ2n) is 6.98. The van der Waals surface area contributed by atoms with Crippen LogP contribution < -0.4 is 10.2 Å². The van der Waals surface area contributed by atoms with E-state index in [0.717, 1.165) is 37.0 Å². The minimum absolute atomic E-state index is 0.710. The molecule has 1 atom stereocenters. The highest BCUT2D eigenvalue weighted by atomic mass is 15.3. The molecule has 2 aromatic rings. The molecule has 1 fully saturated rings. The summed E-state index contributed by atoms with van der Waals surface area (Å²) in [6.07, 6.45) is 3.53. The van der Waals surface area contributed by atoms with E-state index in [1.165, 1.54) is 29.7 Å². The van der Waals surface area contributed by atoms with Crippen LogP contribution >= 0.6 is 0 Å². The molecule has 0 radical (unpaired) electrons. The number of hydrogen-bond donors (Lipinski definition) is 1. The van der Waals surface area contributed by atoms with Crippen molar-refractivity contribution in [3.05, 3.63) is 41.1 Å². The maximum absolute atomic E-state index is 4.81. The number of aryl methyl sites for hydroxylation is 3. The van der Waals surface area contributed by atoms with Gasteiger partial charge in [0.05, 0.1) is 0 Å². The molecule has 1 aliphatic heterocycles. The molecular formula is C20H28N4. The molecule has 128 valence electrons. The Hall–Kier alpha value is -2.10. The fourth-order valence-electron chi connectivity index (χ4n) is 3.46. The van der Waals surface area contributed by atoms with Crippen LogP contribution in [0.2, 0.25) is 0 Å². The van der Waals surface area contributed by atoms with E-state index in [2.05, 4.69) is 54.2 Å². The molecule has 0 spiro atoms. The molecule has 1 aromatic carbocycles. The minimum atomic E-state index is 0.710. The first-order valence-corrected chi connectivity index (χ1v) is 9.03. The molecule has 1 aliphatic rings. The number of nitrogens with zero attached hydrogens (tertiary/aromatic N) is 3. The third-order valence-corrected chi connectivity index (χ3v) is 4.78. The van der Waals surface area contributed by atoms with Crippen molar-refractivity contribution in [3.8, 4) is 0 Å². The fraction of sp³-hybridized carbons (Fsp3) is 0.500. The van der Waals surface area contributed by atoms with Crippen molar-refractivity contribution >= 4 is 17.5 Å². The summed E-state index contributed by atoms with van der Waals surface area (Å²) in [5, 5.41) is 3.55. The van der Waals surface area contributed by atoms with Crippen LogP contribution in [0.3, 0.4) is 0 Å². The number of anilines is 3. The van der Waals surface area contributed by atoms with Gasteiger partial charge in [-0.05, 0) is 50.2 Å². The van der Waals surface area contributed by atoms with Gasteiger partial charge in [-0.3, -0.25) is 0 Å². The molecule has 1 saturated heterocycles. The van der Waals surface area contributed by atoms with Crippen LogP contribution in [-0.4, -0.2) is 23.1 Å². The lowest BCUT2D eigenvalue weighted by Crippen LogP contribution is -2.35. The second-order valence-corrected chi connectivity index (χ2v) is 6.98. The first kappa shape index (κ1) is 16.7. The SMILES string of the molecule is CCc1cccc(C)c1Nc1cc(C)nc(N2CCCC(C)C2)n1. The molecule has 4 heteroatoms. The van der Waals surface area contributed by atoms with Crippen LogP contribution in [0, 0.1) is 19.8 Å². The predicted octanol–water partition coefficient (Wildman–Crippen LogP) is 4.64. The van der Waals surface area contributed by atoms with Gasteiger partial charge in [0.2, 0.25) is 5.95 Å². The van der Waals surface area contributed by atoms with E-state index >= 15 is 0 Å². The Morgan fingerprint density at radius 1 is 1.25 bits per heavy atom. The summed E-state index contributed by atoms with van der Waals surface area (Å²) < 4.78 is 0. The molecule has 24 heavy (non-hydrogen) atoms. The standard InChI is InChI=1S/C20H28N4/c1-5-17-10-6-9-15(3)19(17)22-18-12-16(4)21-20(23-18)24-11-7-8-14(2)13-24/h6,9-10,12,14H,5,7-8,11,13H2,1-4H3,(H,21,22,23). The number of piperidine rings is 1. The predicted molar refractivity (Wildman–Crippen MR) is 101 cm³/mol. The average Bonchev–Trinajstić information content (AvgIpc) is 2.56. The van der Waals surface area contributed by atoms with Gasteiger partial charge >= 0.3 is 0 Å². The number of hydrogen-bond acceptors (Lipinski definition) is 4. The first-order valence-electron chi connectivity index (χ1n) is 9.03. The number of para-hydroxylation sites is 1. The van der Waals surface area contributed by atoms with Crippen molar-refractivity contribution in [1.82, 2.24) is 9.97 Å². The van der Waals surface area contributed by atoms with E-state index in [0.29, 0.717) is 5.92 Å². The molecule has 1 N–H and O–H groups in total. The van der Waals surface area contributed by atoms with Gasteiger partial charge in [-0.25, -0.2) is 4.98 Å². The van der Waals surface area contributed by atoms with E-state index in [-0.39, 0.29) is 0 Å². The number of nitrogens with one attached hydrogen (secondary N) is 1. The highest BCUT2D eigenvalue weighted by molar-refractivity contribution is 5.65. The lowest BCUT2D eigenvalue weighted by molar-refractivity contribution is 0.442. The summed E-state index contributed by atoms with van der Waals surface area (Å²) in [4.78, 5) is 11.8. The summed E-state index contributed by atoms with van der Waals surface area (Å²) in [6, 6.07) is 8.47. The fourth-order valence-corrected chi connectivity index (χ4v) is 3.46. The third kappa shape index (κ3) is 3.69. The molecule has 0 aliphatic carbocycles. The summed E-state index contributed by atoms with van der Waals surface area (Å²) in [6.45, 7) is 10.8. The van der Waals surface area contributed by atoms with Crippen molar-refractivity contribution in [3.63, 3.8) is 0 Å². The zero-order valence-electron chi connectivity index (χ0n) is 15.3. The zero-order chi connectivity index (χ0) is 17.1. The highest BCUT2D eigenvalue weighted by Crippen LogP contribution is 2.27. The van der Waals surface area contributed by atoms with Gasteiger partial charge in [0.25, 0.3) is 0 Å². The highest BCUT2D eigenvalue weighted by Gasteiger charge is 2.19. The largest absolute Gasteiger partial charge is 0.340 e. The average molecular weight is 324 g/mol. The quantitative estimate of drug-likeness (QED) is 0.890. The summed E-state index contributed by atoms with van der Waals surface area (Å²) in [5.74, 6) is 2.46. The Morgan fingerprint density at radius 2 is 2.08 bits per heavy atom. The Labute approximate surface area is 145 Å². The normalized spacial score (nSPS) is 17.8. The van der Waals surface area contributed by atoms with E-state index in [9.17, 15) is 0 Å². The molecular weight excluding hydrogens is 296 g/mol. The lowest BCUT2D eigenvalue weighted by atomic mass is 10.0. The van der Waals surface area contributed by atoms with E-state index < -0.39 is 0 Å². The van der Waals surface area contributed by atoms with Crippen molar-refractivity contribution < 1.29 is 0 Å². The smallest absolute Gasteiger partial charge is 0.227 e. The molecule has 1 unspecified atom stereocenters. The zero-order valence-corrected chi connectivity index (χ0v) is 15.3. The maximum atomic E-state index is 4.81. The summed E-state index contributed by atoms with van der Waals surface area (Å²) in [7, 11) is 0. The molecule has 0 amide bonds. The molecule has 0 bridgehead atoms. The van der Waals surface area contributed by atoms with Gasteiger partial charge in [0.1, 0.15) is 5.82 Å². The van der Waals surface area contributed by atoms with Crippen LogP contribution in [0.1, 0.15) is 43.5 Å². The Balaban J connectivity index is 1.89. The maximum Gasteiger partial charge on any atom is 0.227 e. The Morgan fingerprint density at radius 3 is 2.83 bits per heavy atom. The monoisotopic (exact) mass is 324 g/mol. The molecule has 4 nitrogen and oxygen atoms in total. The van der Waals surface area contributed by atoms with Gasteiger partial charge in [-0.15, -0.1) is 0 Å². The number of rotatable bonds is 4. The van der Waals surface area contributed by atoms with Crippen molar-refractivity contribution in [1.29, 1.82) is 0 Å². The van der Waals surface area contributed by atoms with Crippen molar-refractivity contribution in [2.75, 3.05) is 23.3 Å². The summed E-state index contributed by atoms with van der Waals surface area (Å²) >= 11 is 0. The van der Waals surface area contributed by atoms with Crippen LogP contribution in [0.25, 0.3) is 0 Å².